The molecular weight excluding hydrogens is 236 g/mol. The van der Waals surface area contributed by atoms with Crippen molar-refractivity contribution in [1.82, 2.24) is 5.32 Å². The van der Waals surface area contributed by atoms with E-state index >= 15 is 0 Å². The van der Waals surface area contributed by atoms with Gasteiger partial charge in [0.2, 0.25) is 5.91 Å². The normalized spacial score (nSPS) is 9.65. The number of aliphatic hydroxyl groups is 1. The highest BCUT2D eigenvalue weighted by Gasteiger charge is 2.01. The number of benzene rings is 1. The predicted octanol–water partition coefficient (Wildman–Crippen LogP) is 1.05. The smallest absolute Gasteiger partial charge is 0.230 e. The van der Waals surface area contributed by atoms with Crippen LogP contribution in [0.4, 0.5) is 0 Å². The van der Waals surface area contributed by atoms with E-state index in [-0.39, 0.29) is 12.5 Å². The van der Waals surface area contributed by atoms with Crippen LogP contribution in [0.3, 0.4) is 0 Å². The van der Waals surface area contributed by atoms with Gasteiger partial charge < -0.3 is 10.4 Å². The third kappa shape index (κ3) is 5.38. The fourth-order valence-corrected chi connectivity index (χ4v) is 1.76. The van der Waals surface area contributed by atoms with Gasteiger partial charge in [0.1, 0.15) is 0 Å². The molecule has 1 rings (SSSR count). The summed E-state index contributed by atoms with van der Waals surface area (Å²) < 4.78 is 0. The van der Waals surface area contributed by atoms with Crippen molar-refractivity contribution in [3.05, 3.63) is 35.4 Å². The highest BCUT2D eigenvalue weighted by molar-refractivity contribution is 8.00. The summed E-state index contributed by atoms with van der Waals surface area (Å²) >= 11 is 1.29. The van der Waals surface area contributed by atoms with E-state index in [0.29, 0.717) is 18.1 Å². The number of nitriles is 1. The molecule has 0 aromatic heterocycles. The van der Waals surface area contributed by atoms with Crippen molar-refractivity contribution in [1.29, 1.82) is 5.26 Å². The Hall–Kier alpha value is -1.51. The van der Waals surface area contributed by atoms with Crippen LogP contribution in [-0.2, 0) is 17.9 Å². The summed E-state index contributed by atoms with van der Waals surface area (Å²) in [6.45, 7) is 0.444. The Morgan fingerprint density at radius 1 is 1.47 bits per heavy atom. The zero-order valence-electron chi connectivity index (χ0n) is 9.35. The second-order valence-electron chi connectivity index (χ2n) is 3.41. The minimum absolute atomic E-state index is 0.000191. The zero-order valence-corrected chi connectivity index (χ0v) is 10.2. The van der Waals surface area contributed by atoms with Gasteiger partial charge in [-0.25, -0.2) is 0 Å². The van der Waals surface area contributed by atoms with Crippen LogP contribution in [0.5, 0.6) is 0 Å². The van der Waals surface area contributed by atoms with Gasteiger partial charge in [-0.2, -0.15) is 5.26 Å². The van der Waals surface area contributed by atoms with Crippen LogP contribution in [0.25, 0.3) is 0 Å². The molecule has 0 saturated carbocycles. The molecule has 1 aromatic carbocycles. The van der Waals surface area contributed by atoms with E-state index < -0.39 is 0 Å². The van der Waals surface area contributed by atoms with Crippen molar-refractivity contribution in [2.45, 2.75) is 13.2 Å². The van der Waals surface area contributed by atoms with Crippen LogP contribution in [0.2, 0.25) is 0 Å². The molecule has 0 atom stereocenters. The topological polar surface area (TPSA) is 73.1 Å². The monoisotopic (exact) mass is 250 g/mol. The molecule has 1 amide bonds. The van der Waals surface area contributed by atoms with Gasteiger partial charge in [0, 0.05) is 6.54 Å². The number of aliphatic hydroxyl groups excluding tert-OH is 1. The van der Waals surface area contributed by atoms with Gasteiger partial charge in [0.25, 0.3) is 0 Å². The number of thioether (sulfide) groups is 1. The summed E-state index contributed by atoms with van der Waals surface area (Å²) in [5.41, 5.74) is 1.78. The second-order valence-corrected chi connectivity index (χ2v) is 4.39. The average molecular weight is 250 g/mol. The number of carbonyl (C=O) groups is 1. The van der Waals surface area contributed by atoms with Crippen LogP contribution in [0.1, 0.15) is 11.1 Å². The first-order valence-corrected chi connectivity index (χ1v) is 6.32. The fourth-order valence-electron chi connectivity index (χ4n) is 1.28. The maximum absolute atomic E-state index is 11.4. The molecule has 17 heavy (non-hydrogen) atoms. The molecule has 2 N–H and O–H groups in total. The molecule has 0 aliphatic carbocycles. The Balaban J connectivity index is 2.34. The van der Waals surface area contributed by atoms with Gasteiger partial charge >= 0.3 is 0 Å². The van der Waals surface area contributed by atoms with Crippen molar-refractivity contribution in [2.24, 2.45) is 0 Å². The standard InChI is InChI=1S/C12H14N2O2S/c13-4-5-17-9-12(16)14-7-10-2-1-3-11(6-10)8-15/h1-3,6,15H,5,7-9H2,(H,14,16). The average Bonchev–Trinajstić information content (AvgIpc) is 2.37. The summed E-state index contributed by atoms with van der Waals surface area (Å²) in [5, 5.41) is 20.0. The molecule has 0 radical (unpaired) electrons. The van der Waals surface area contributed by atoms with E-state index in [0.717, 1.165) is 11.1 Å². The van der Waals surface area contributed by atoms with E-state index in [4.69, 9.17) is 10.4 Å². The van der Waals surface area contributed by atoms with Crippen LogP contribution >= 0.6 is 11.8 Å². The molecule has 0 bridgehead atoms. The van der Waals surface area contributed by atoms with Gasteiger partial charge in [-0.05, 0) is 11.1 Å². The number of rotatable bonds is 6. The Morgan fingerprint density at radius 2 is 2.24 bits per heavy atom. The molecule has 0 heterocycles. The number of hydrogen-bond acceptors (Lipinski definition) is 4. The van der Waals surface area contributed by atoms with Gasteiger partial charge in [-0.3, -0.25) is 4.79 Å². The van der Waals surface area contributed by atoms with E-state index in [1.165, 1.54) is 11.8 Å². The van der Waals surface area contributed by atoms with Gasteiger partial charge in [-0.15, -0.1) is 11.8 Å². The third-order valence-corrected chi connectivity index (χ3v) is 2.86. The van der Waals surface area contributed by atoms with Crippen LogP contribution in [0, 0.1) is 11.3 Å². The molecule has 0 saturated heterocycles. The molecule has 4 nitrogen and oxygen atoms in total. The molecule has 0 spiro atoms. The van der Waals surface area contributed by atoms with E-state index in [9.17, 15) is 4.79 Å². The van der Waals surface area contributed by atoms with Gasteiger partial charge in [-0.1, -0.05) is 24.3 Å². The minimum Gasteiger partial charge on any atom is -0.392 e. The zero-order chi connectivity index (χ0) is 12.5. The Labute approximate surface area is 105 Å². The lowest BCUT2D eigenvalue weighted by Gasteiger charge is -2.05. The molecule has 0 unspecified atom stereocenters. The number of carbonyl (C=O) groups excluding carboxylic acids is 1. The lowest BCUT2D eigenvalue weighted by Crippen LogP contribution is -2.24. The summed E-state index contributed by atoms with van der Waals surface area (Å²) in [7, 11) is 0. The van der Waals surface area contributed by atoms with Crippen molar-refractivity contribution in [2.75, 3.05) is 11.5 Å². The largest absolute Gasteiger partial charge is 0.392 e. The Bertz CT molecular complexity index is 415. The first-order valence-electron chi connectivity index (χ1n) is 5.16. The van der Waals surface area contributed by atoms with E-state index in [1.54, 1.807) is 0 Å². The van der Waals surface area contributed by atoms with E-state index in [2.05, 4.69) is 5.32 Å². The maximum atomic E-state index is 11.4. The molecule has 0 aliphatic rings. The summed E-state index contributed by atoms with van der Waals surface area (Å²) in [6.07, 6.45) is 0. The SMILES string of the molecule is N#CCSCC(=O)NCc1cccc(CO)c1. The predicted molar refractivity (Wildman–Crippen MR) is 67.1 cm³/mol. The molecular formula is C12H14N2O2S. The number of nitrogens with one attached hydrogen (secondary N) is 1. The summed E-state index contributed by atoms with van der Waals surface area (Å²) in [4.78, 5) is 11.4. The van der Waals surface area contributed by atoms with E-state index in [1.807, 2.05) is 30.3 Å². The van der Waals surface area contributed by atoms with Crippen molar-refractivity contribution in [3.8, 4) is 6.07 Å². The fraction of sp³-hybridized carbons (Fsp3) is 0.333. The number of hydrogen-bond donors (Lipinski definition) is 2. The maximum Gasteiger partial charge on any atom is 0.230 e. The van der Waals surface area contributed by atoms with Gasteiger partial charge in [0.05, 0.1) is 24.2 Å². The van der Waals surface area contributed by atoms with Crippen molar-refractivity contribution < 1.29 is 9.90 Å². The number of nitrogens with zero attached hydrogens (tertiary/aromatic N) is 1. The first-order chi connectivity index (χ1) is 8.26. The quantitative estimate of drug-likeness (QED) is 0.740. The molecule has 0 fully saturated rings. The number of amides is 1. The molecule has 90 valence electrons. The highest BCUT2D eigenvalue weighted by atomic mass is 32.2. The highest BCUT2D eigenvalue weighted by Crippen LogP contribution is 2.05. The van der Waals surface area contributed by atoms with Crippen molar-refractivity contribution in [3.63, 3.8) is 0 Å². The van der Waals surface area contributed by atoms with Crippen LogP contribution in [0.15, 0.2) is 24.3 Å². The Kier molecular flexibility index (Phi) is 6.15. The summed E-state index contributed by atoms with van der Waals surface area (Å²) in [5.74, 6) is 0.542. The molecule has 0 aliphatic heterocycles. The molecule has 1 aromatic rings. The lowest BCUT2D eigenvalue weighted by atomic mass is 10.1. The van der Waals surface area contributed by atoms with Crippen LogP contribution in [-0.4, -0.2) is 22.5 Å². The Morgan fingerprint density at radius 3 is 2.94 bits per heavy atom. The van der Waals surface area contributed by atoms with Crippen LogP contribution < -0.4 is 5.32 Å². The van der Waals surface area contributed by atoms with Crippen molar-refractivity contribution >= 4 is 17.7 Å². The van der Waals surface area contributed by atoms with Gasteiger partial charge in [0.15, 0.2) is 0 Å². The lowest BCUT2D eigenvalue weighted by molar-refractivity contribution is -0.118. The first kappa shape index (κ1) is 13.6. The second kappa shape index (κ2) is 7.71. The summed E-state index contributed by atoms with van der Waals surface area (Å²) in [6, 6.07) is 9.38. The third-order valence-electron chi connectivity index (χ3n) is 2.06. The molecule has 5 heteroatoms. The minimum atomic E-state index is -0.0837.